The van der Waals surface area contributed by atoms with Gasteiger partial charge < -0.3 is 5.32 Å². The topological polar surface area (TPSA) is 46.9 Å². The van der Waals surface area contributed by atoms with Crippen LogP contribution in [0.5, 0.6) is 0 Å². The van der Waals surface area contributed by atoms with Gasteiger partial charge in [0.1, 0.15) is 4.47 Å². The maximum Gasteiger partial charge on any atom is 0.283 e. The summed E-state index contributed by atoms with van der Waals surface area (Å²) in [5.41, 5.74) is 0.729. The van der Waals surface area contributed by atoms with Gasteiger partial charge in [0.25, 0.3) is 5.56 Å². The maximum atomic E-state index is 12.0. The van der Waals surface area contributed by atoms with Crippen LogP contribution in [0.2, 0.25) is 0 Å². The molecule has 0 fully saturated rings. The van der Waals surface area contributed by atoms with Gasteiger partial charge in [-0.3, -0.25) is 4.79 Å². The molecule has 1 aromatic heterocycles. The van der Waals surface area contributed by atoms with E-state index in [0.29, 0.717) is 11.0 Å². The molecule has 0 radical (unpaired) electrons. The first kappa shape index (κ1) is 15.6. The summed E-state index contributed by atoms with van der Waals surface area (Å²) < 4.78 is 2.10. The molecule has 0 saturated heterocycles. The van der Waals surface area contributed by atoms with E-state index in [2.05, 4.69) is 39.5 Å². The number of anilines is 1. The Morgan fingerprint density at radius 3 is 2.94 bits per heavy atom. The Labute approximate surface area is 121 Å². The fourth-order valence-corrected chi connectivity index (χ4v) is 2.38. The number of unbranched alkanes of at least 4 members (excludes halogenated alkanes) is 1. The summed E-state index contributed by atoms with van der Waals surface area (Å²) in [7, 11) is 0. The van der Waals surface area contributed by atoms with Gasteiger partial charge in [0.05, 0.1) is 11.9 Å². The highest BCUT2D eigenvalue weighted by Crippen LogP contribution is 2.16. The average molecular weight is 334 g/mol. The van der Waals surface area contributed by atoms with Crippen molar-refractivity contribution in [1.29, 1.82) is 0 Å². The lowest BCUT2D eigenvalue weighted by Crippen LogP contribution is -2.24. The Kier molecular flexibility index (Phi) is 7.42. The van der Waals surface area contributed by atoms with Gasteiger partial charge in [-0.05, 0) is 40.8 Å². The van der Waals surface area contributed by atoms with Crippen LogP contribution in [-0.2, 0) is 6.54 Å². The van der Waals surface area contributed by atoms with E-state index in [9.17, 15) is 4.79 Å². The molecule has 0 aliphatic rings. The largest absolute Gasteiger partial charge is 0.383 e. The van der Waals surface area contributed by atoms with E-state index in [4.69, 9.17) is 0 Å². The smallest absolute Gasteiger partial charge is 0.283 e. The van der Waals surface area contributed by atoms with Crippen molar-refractivity contribution in [3.8, 4) is 0 Å². The number of nitrogens with zero attached hydrogens (tertiary/aromatic N) is 2. The van der Waals surface area contributed by atoms with Crippen molar-refractivity contribution in [3.05, 3.63) is 21.0 Å². The molecule has 0 unspecified atom stereocenters. The first-order chi connectivity index (χ1) is 8.70. The predicted molar refractivity (Wildman–Crippen MR) is 82.6 cm³/mol. The number of aromatic nitrogens is 2. The van der Waals surface area contributed by atoms with E-state index in [1.807, 2.05) is 11.8 Å². The van der Waals surface area contributed by atoms with Crippen LogP contribution in [0, 0.1) is 0 Å². The van der Waals surface area contributed by atoms with Crippen LogP contribution in [0.4, 0.5) is 5.69 Å². The Morgan fingerprint density at radius 2 is 2.28 bits per heavy atom. The minimum absolute atomic E-state index is 0.0571. The highest BCUT2D eigenvalue weighted by molar-refractivity contribution is 9.10. The van der Waals surface area contributed by atoms with Crippen LogP contribution in [0.1, 0.15) is 26.2 Å². The van der Waals surface area contributed by atoms with Gasteiger partial charge in [-0.2, -0.15) is 16.9 Å². The molecule has 0 aliphatic heterocycles. The molecular weight excluding hydrogens is 314 g/mol. The molecule has 1 heterocycles. The first-order valence-electron chi connectivity index (χ1n) is 6.19. The van der Waals surface area contributed by atoms with Gasteiger partial charge in [0, 0.05) is 13.1 Å². The SMILES string of the molecule is CCCCn1ncc(NCCCSC)c(Br)c1=O. The highest BCUT2D eigenvalue weighted by Gasteiger charge is 2.07. The van der Waals surface area contributed by atoms with Crippen LogP contribution in [0.25, 0.3) is 0 Å². The van der Waals surface area contributed by atoms with E-state index in [-0.39, 0.29) is 5.56 Å². The third kappa shape index (κ3) is 4.65. The maximum absolute atomic E-state index is 12.0. The molecule has 0 spiro atoms. The third-order valence-electron chi connectivity index (χ3n) is 2.55. The van der Waals surface area contributed by atoms with Crippen molar-refractivity contribution in [2.75, 3.05) is 23.9 Å². The van der Waals surface area contributed by atoms with Crippen LogP contribution in [0.15, 0.2) is 15.5 Å². The minimum Gasteiger partial charge on any atom is -0.383 e. The van der Waals surface area contributed by atoms with Crippen LogP contribution >= 0.6 is 27.7 Å². The zero-order valence-electron chi connectivity index (χ0n) is 10.9. The van der Waals surface area contributed by atoms with E-state index < -0.39 is 0 Å². The lowest BCUT2D eigenvalue weighted by molar-refractivity contribution is 0.541. The Bertz CT molecular complexity index is 422. The molecule has 0 atom stereocenters. The highest BCUT2D eigenvalue weighted by atomic mass is 79.9. The normalized spacial score (nSPS) is 10.6. The van der Waals surface area contributed by atoms with Gasteiger partial charge >= 0.3 is 0 Å². The standard InChI is InChI=1S/C12H20BrN3OS/c1-3-4-7-16-12(17)11(13)10(9-15-16)14-6-5-8-18-2/h9,14H,3-8H2,1-2H3. The quantitative estimate of drug-likeness (QED) is 0.743. The van der Waals surface area contributed by atoms with Crippen molar-refractivity contribution in [1.82, 2.24) is 9.78 Å². The first-order valence-corrected chi connectivity index (χ1v) is 8.37. The summed E-state index contributed by atoms with van der Waals surface area (Å²) in [6.45, 7) is 3.64. The van der Waals surface area contributed by atoms with Crippen molar-refractivity contribution < 1.29 is 0 Å². The second kappa shape index (κ2) is 8.58. The lowest BCUT2D eigenvalue weighted by atomic mass is 10.3. The van der Waals surface area contributed by atoms with Crippen LogP contribution < -0.4 is 10.9 Å². The van der Waals surface area contributed by atoms with Gasteiger partial charge in [-0.1, -0.05) is 13.3 Å². The van der Waals surface area contributed by atoms with Crippen molar-refractivity contribution in [2.24, 2.45) is 0 Å². The number of halogens is 1. The number of rotatable bonds is 8. The summed E-state index contributed by atoms with van der Waals surface area (Å²) in [6.07, 6.45) is 6.92. The van der Waals surface area contributed by atoms with Crippen molar-refractivity contribution in [3.63, 3.8) is 0 Å². The molecule has 18 heavy (non-hydrogen) atoms. The molecule has 102 valence electrons. The molecule has 0 amide bonds. The summed E-state index contributed by atoms with van der Waals surface area (Å²) >= 11 is 5.17. The zero-order chi connectivity index (χ0) is 13.4. The molecule has 4 nitrogen and oxygen atoms in total. The number of hydrogen-bond acceptors (Lipinski definition) is 4. The molecular formula is C12H20BrN3OS. The monoisotopic (exact) mass is 333 g/mol. The van der Waals surface area contributed by atoms with Gasteiger partial charge in [0.15, 0.2) is 0 Å². The number of aryl methyl sites for hydroxylation is 1. The lowest BCUT2D eigenvalue weighted by Gasteiger charge is -2.09. The molecule has 0 saturated carbocycles. The minimum atomic E-state index is -0.0571. The van der Waals surface area contributed by atoms with E-state index in [1.165, 1.54) is 4.68 Å². The average Bonchev–Trinajstić information content (AvgIpc) is 2.38. The van der Waals surface area contributed by atoms with Gasteiger partial charge in [-0.25, -0.2) is 4.68 Å². The van der Waals surface area contributed by atoms with Gasteiger partial charge in [0.2, 0.25) is 0 Å². The van der Waals surface area contributed by atoms with Crippen molar-refractivity contribution >= 4 is 33.4 Å². The summed E-state index contributed by atoms with van der Waals surface area (Å²) in [4.78, 5) is 12.0. The predicted octanol–water partition coefficient (Wildman–Crippen LogP) is 2.97. The number of thioether (sulfide) groups is 1. The van der Waals surface area contributed by atoms with Gasteiger partial charge in [-0.15, -0.1) is 0 Å². The summed E-state index contributed by atoms with van der Waals surface area (Å²) in [5.74, 6) is 1.12. The molecule has 1 N–H and O–H groups in total. The third-order valence-corrected chi connectivity index (χ3v) is 4.01. The fraction of sp³-hybridized carbons (Fsp3) is 0.667. The second-order valence-electron chi connectivity index (χ2n) is 4.03. The molecule has 1 rings (SSSR count). The number of hydrogen-bond donors (Lipinski definition) is 1. The van der Waals surface area contributed by atoms with E-state index in [1.54, 1.807) is 6.20 Å². The number of nitrogens with one attached hydrogen (secondary N) is 1. The molecule has 0 aliphatic carbocycles. The summed E-state index contributed by atoms with van der Waals surface area (Å²) in [5, 5.41) is 7.42. The van der Waals surface area contributed by atoms with Crippen LogP contribution in [-0.4, -0.2) is 28.3 Å². The molecule has 0 bridgehead atoms. The molecule has 1 aromatic rings. The Morgan fingerprint density at radius 1 is 1.50 bits per heavy atom. The van der Waals surface area contributed by atoms with E-state index in [0.717, 1.165) is 37.2 Å². The fourth-order valence-electron chi connectivity index (χ4n) is 1.50. The second-order valence-corrected chi connectivity index (χ2v) is 5.81. The summed E-state index contributed by atoms with van der Waals surface area (Å²) in [6, 6.07) is 0. The Balaban J connectivity index is 2.65. The zero-order valence-corrected chi connectivity index (χ0v) is 13.3. The van der Waals surface area contributed by atoms with E-state index >= 15 is 0 Å². The van der Waals surface area contributed by atoms with Crippen molar-refractivity contribution in [2.45, 2.75) is 32.7 Å². The van der Waals surface area contributed by atoms with Crippen LogP contribution in [0.3, 0.4) is 0 Å². The molecule has 6 heteroatoms. The molecule has 0 aromatic carbocycles. The Hall–Kier alpha value is -0.490.